The number of imidazole rings is 1. The minimum atomic E-state index is -3.66. The Balaban J connectivity index is 1.14. The van der Waals surface area contributed by atoms with Crippen molar-refractivity contribution in [2.45, 2.75) is 44.9 Å². The van der Waals surface area contributed by atoms with Crippen LogP contribution in [-0.4, -0.2) is 32.2 Å². The van der Waals surface area contributed by atoms with Gasteiger partial charge in [0.2, 0.25) is 5.95 Å². The molecule has 2 aliphatic carbocycles. The molecule has 172 valence electrons. The molecule has 1 saturated carbocycles. The number of allylic oxidation sites excluding steroid dienone is 1. The van der Waals surface area contributed by atoms with Crippen molar-refractivity contribution in [3.05, 3.63) is 47.8 Å². The highest BCUT2D eigenvalue weighted by atomic mass is 31.2. The van der Waals surface area contributed by atoms with E-state index in [0.29, 0.717) is 28.8 Å². The Kier molecular flexibility index (Phi) is 4.90. The fraction of sp³-hybridized carbons (Fsp3) is 0.409. The van der Waals surface area contributed by atoms with Crippen LogP contribution in [0, 0.1) is 12.8 Å². The van der Waals surface area contributed by atoms with E-state index in [1.807, 2.05) is 29.7 Å². The lowest BCUT2D eigenvalue weighted by Gasteiger charge is -2.26. The molecule has 11 heteroatoms. The van der Waals surface area contributed by atoms with E-state index in [2.05, 4.69) is 32.4 Å². The molecule has 10 nitrogen and oxygen atoms in total. The van der Waals surface area contributed by atoms with Crippen LogP contribution in [0.2, 0.25) is 0 Å². The monoisotopic (exact) mass is 468 g/mol. The molecule has 0 bridgehead atoms. The molecule has 0 saturated heterocycles. The average Bonchev–Trinajstić information content (AvgIpc) is 3.31. The summed E-state index contributed by atoms with van der Waals surface area (Å²) in [4.78, 5) is 13.3. The van der Waals surface area contributed by atoms with E-state index in [4.69, 9.17) is 19.3 Å². The zero-order valence-electron chi connectivity index (χ0n) is 18.2. The molecule has 1 aliphatic heterocycles. The lowest BCUT2D eigenvalue weighted by molar-refractivity contribution is 0.123. The topological polar surface area (TPSA) is 126 Å². The first kappa shape index (κ1) is 20.7. The number of hydrogen-bond donors (Lipinski definition) is 2. The van der Waals surface area contributed by atoms with Crippen molar-refractivity contribution in [2.75, 3.05) is 17.7 Å². The number of rotatable bonds is 6. The van der Waals surface area contributed by atoms with E-state index < -0.39 is 7.82 Å². The SMILES string of the molecule is Cc1cccc2c1OP(=O)(OC[C@H]1C=C[C@@H](n3cnc4c(NC5CC5)nc(N)nc43)C1)OC2. The first-order chi connectivity index (χ1) is 16.0. The molecule has 6 rings (SSSR count). The molecule has 0 radical (unpaired) electrons. The molecule has 0 spiro atoms. The van der Waals surface area contributed by atoms with Crippen LogP contribution in [0.1, 0.15) is 36.4 Å². The third-order valence-corrected chi connectivity index (χ3v) is 7.50. The van der Waals surface area contributed by atoms with Gasteiger partial charge in [-0.3, -0.25) is 9.05 Å². The Morgan fingerprint density at radius 3 is 3.03 bits per heavy atom. The number of phosphoric acid groups is 1. The highest BCUT2D eigenvalue weighted by molar-refractivity contribution is 7.49. The Bertz CT molecular complexity index is 1300. The highest BCUT2D eigenvalue weighted by Gasteiger charge is 2.36. The quantitative estimate of drug-likeness (QED) is 0.405. The van der Waals surface area contributed by atoms with Crippen molar-refractivity contribution in [3.8, 4) is 5.75 Å². The number of aryl methyl sites for hydroxylation is 1. The number of fused-ring (bicyclic) bond motifs is 2. The molecule has 33 heavy (non-hydrogen) atoms. The number of nitrogens with one attached hydrogen (secondary N) is 1. The van der Waals surface area contributed by atoms with Crippen LogP contribution in [-0.2, 0) is 20.2 Å². The average molecular weight is 468 g/mol. The number of aromatic nitrogens is 4. The van der Waals surface area contributed by atoms with Gasteiger partial charge in [-0.2, -0.15) is 9.97 Å². The van der Waals surface area contributed by atoms with Crippen molar-refractivity contribution in [2.24, 2.45) is 5.92 Å². The van der Waals surface area contributed by atoms with Crippen molar-refractivity contribution >= 4 is 30.8 Å². The maximum Gasteiger partial charge on any atom is 0.530 e. The van der Waals surface area contributed by atoms with E-state index in [0.717, 1.165) is 30.4 Å². The van der Waals surface area contributed by atoms with Crippen LogP contribution in [0.4, 0.5) is 11.8 Å². The number of phosphoric ester groups is 1. The van der Waals surface area contributed by atoms with Gasteiger partial charge >= 0.3 is 7.82 Å². The maximum absolute atomic E-state index is 13.0. The molecule has 2 aromatic heterocycles. The number of anilines is 2. The van der Waals surface area contributed by atoms with Crippen LogP contribution in [0.25, 0.3) is 11.2 Å². The van der Waals surface area contributed by atoms with Gasteiger partial charge in [0, 0.05) is 17.5 Å². The van der Waals surface area contributed by atoms with E-state index in [1.165, 1.54) is 0 Å². The number of hydrogen-bond acceptors (Lipinski definition) is 9. The largest absolute Gasteiger partial charge is 0.530 e. The molecule has 3 aromatic rings. The Labute approximate surface area is 190 Å². The lowest BCUT2D eigenvalue weighted by atomic mass is 10.1. The van der Waals surface area contributed by atoms with Crippen molar-refractivity contribution in [1.82, 2.24) is 19.5 Å². The van der Waals surface area contributed by atoms with E-state index in [-0.39, 0.29) is 31.1 Å². The second kappa shape index (κ2) is 7.83. The normalized spacial score (nSPS) is 26.3. The predicted molar refractivity (Wildman–Crippen MR) is 123 cm³/mol. The van der Waals surface area contributed by atoms with E-state index >= 15 is 0 Å². The fourth-order valence-electron chi connectivity index (χ4n) is 4.28. The molecular weight excluding hydrogens is 443 g/mol. The molecule has 3 N–H and O–H groups in total. The number of benzene rings is 1. The molecular formula is C22H25N6O4P. The molecule has 3 heterocycles. The Morgan fingerprint density at radius 1 is 1.30 bits per heavy atom. The summed E-state index contributed by atoms with van der Waals surface area (Å²) in [6.07, 6.45) is 8.91. The van der Waals surface area contributed by atoms with Gasteiger partial charge in [-0.05, 0) is 31.7 Å². The molecule has 1 aromatic carbocycles. The van der Waals surface area contributed by atoms with Gasteiger partial charge in [-0.15, -0.1) is 0 Å². The number of para-hydroxylation sites is 1. The third kappa shape index (κ3) is 3.99. The lowest BCUT2D eigenvalue weighted by Crippen LogP contribution is -2.14. The van der Waals surface area contributed by atoms with Gasteiger partial charge in [-0.25, -0.2) is 9.55 Å². The first-order valence-electron chi connectivity index (χ1n) is 11.1. The van der Waals surface area contributed by atoms with Gasteiger partial charge in [0.15, 0.2) is 17.0 Å². The van der Waals surface area contributed by atoms with Gasteiger partial charge in [-0.1, -0.05) is 30.4 Å². The Hall–Kier alpha value is -2.94. The van der Waals surface area contributed by atoms with Crippen molar-refractivity contribution in [1.29, 1.82) is 0 Å². The smallest absolute Gasteiger partial charge is 0.403 e. The standard InChI is InChI=1S/C22H25N6O4P/c1-13-3-2-4-15-11-31-33(29,32-19(13)15)30-10-14-5-8-17(9-14)28-12-24-18-20(25-16-6-7-16)26-22(23)27-21(18)28/h2-5,8,12,14,16-17H,6-7,9-11H2,1H3,(H3,23,25,26,27)/t14-,17+,33?/m0/s1. The minimum absolute atomic E-state index is 0.0313. The zero-order valence-corrected chi connectivity index (χ0v) is 19.1. The second-order valence-corrected chi connectivity index (χ2v) is 10.4. The van der Waals surface area contributed by atoms with Crippen LogP contribution in [0.5, 0.6) is 5.75 Å². The summed E-state index contributed by atoms with van der Waals surface area (Å²) >= 11 is 0. The predicted octanol–water partition coefficient (Wildman–Crippen LogP) is 4.14. The van der Waals surface area contributed by atoms with E-state index in [1.54, 1.807) is 6.33 Å². The van der Waals surface area contributed by atoms with Gasteiger partial charge in [0.05, 0.1) is 25.6 Å². The summed E-state index contributed by atoms with van der Waals surface area (Å²) in [6, 6.07) is 6.20. The van der Waals surface area contributed by atoms with Crippen molar-refractivity contribution in [3.63, 3.8) is 0 Å². The number of nitrogen functional groups attached to an aromatic ring is 1. The summed E-state index contributed by atoms with van der Waals surface area (Å²) in [5, 5.41) is 3.38. The molecule has 0 amide bonds. The third-order valence-electron chi connectivity index (χ3n) is 6.19. The van der Waals surface area contributed by atoms with Crippen LogP contribution < -0.4 is 15.6 Å². The summed E-state index contributed by atoms with van der Waals surface area (Å²) in [7, 11) is -3.66. The Morgan fingerprint density at radius 2 is 2.18 bits per heavy atom. The molecule has 1 unspecified atom stereocenters. The highest BCUT2D eigenvalue weighted by Crippen LogP contribution is 2.55. The molecule has 3 atom stereocenters. The second-order valence-electron chi connectivity index (χ2n) is 8.79. The van der Waals surface area contributed by atoms with Gasteiger partial charge in [0.25, 0.3) is 0 Å². The van der Waals surface area contributed by atoms with Gasteiger partial charge < -0.3 is 20.1 Å². The van der Waals surface area contributed by atoms with Gasteiger partial charge in [0.1, 0.15) is 5.75 Å². The van der Waals surface area contributed by atoms with Crippen LogP contribution >= 0.6 is 7.82 Å². The molecule has 1 fully saturated rings. The number of nitrogens with zero attached hydrogens (tertiary/aromatic N) is 4. The number of nitrogens with two attached hydrogens (primary N) is 1. The summed E-state index contributed by atoms with van der Waals surface area (Å²) in [6.45, 7) is 2.34. The first-order valence-corrected chi connectivity index (χ1v) is 12.6. The minimum Gasteiger partial charge on any atom is -0.403 e. The summed E-state index contributed by atoms with van der Waals surface area (Å²) < 4.78 is 31.8. The van der Waals surface area contributed by atoms with Crippen LogP contribution in [0.15, 0.2) is 36.7 Å². The summed E-state index contributed by atoms with van der Waals surface area (Å²) in [5.41, 5.74) is 9.15. The van der Waals surface area contributed by atoms with E-state index in [9.17, 15) is 4.57 Å². The fourth-order valence-corrected chi connectivity index (χ4v) is 5.61. The van der Waals surface area contributed by atoms with Crippen LogP contribution in [0.3, 0.4) is 0 Å². The maximum atomic E-state index is 13.0. The summed E-state index contributed by atoms with van der Waals surface area (Å²) in [5.74, 6) is 1.53. The molecule has 3 aliphatic rings. The zero-order chi connectivity index (χ0) is 22.6. The van der Waals surface area contributed by atoms with Crippen molar-refractivity contribution < 1.29 is 18.1 Å².